The molecule has 1 aliphatic rings. The van der Waals surface area contributed by atoms with Crippen molar-refractivity contribution in [1.29, 1.82) is 0 Å². The zero-order valence-electron chi connectivity index (χ0n) is 18.4. The van der Waals surface area contributed by atoms with Crippen molar-refractivity contribution in [3.63, 3.8) is 0 Å². The number of nitrogens with one attached hydrogen (secondary N) is 1. The van der Waals surface area contributed by atoms with Gasteiger partial charge in [0, 0.05) is 40.8 Å². The minimum absolute atomic E-state index is 0.166. The fourth-order valence-corrected chi connectivity index (χ4v) is 4.38. The van der Waals surface area contributed by atoms with Gasteiger partial charge >= 0.3 is 0 Å². The van der Waals surface area contributed by atoms with Crippen LogP contribution in [0.1, 0.15) is 55.0 Å². The van der Waals surface area contributed by atoms with E-state index in [1.807, 2.05) is 48.9 Å². The summed E-state index contributed by atoms with van der Waals surface area (Å²) in [6.07, 6.45) is 5.26. The third-order valence-electron chi connectivity index (χ3n) is 5.82. The number of carbonyl (C=O) groups excluding carboxylic acids is 1. The van der Waals surface area contributed by atoms with Crippen molar-refractivity contribution in [2.75, 3.05) is 0 Å². The zero-order chi connectivity index (χ0) is 22.9. The van der Waals surface area contributed by atoms with Crippen LogP contribution in [0.25, 0.3) is 16.8 Å². The molecule has 8 heteroatoms. The minimum Gasteiger partial charge on any atom is -0.300 e. The Morgan fingerprint density at radius 3 is 2.61 bits per heavy atom. The van der Waals surface area contributed by atoms with Crippen molar-refractivity contribution in [3.05, 3.63) is 82.7 Å². The lowest BCUT2D eigenvalue weighted by molar-refractivity contribution is -0.119. The van der Waals surface area contributed by atoms with E-state index >= 15 is 0 Å². The number of fused-ring (bicyclic) bond motifs is 3. The van der Waals surface area contributed by atoms with Gasteiger partial charge in [0.05, 0.1) is 17.6 Å². The zero-order valence-corrected chi connectivity index (χ0v) is 19.2. The Kier molecular flexibility index (Phi) is 5.64. The topological polar surface area (TPSA) is 88.8 Å². The highest BCUT2D eigenvalue weighted by molar-refractivity contribution is 6.30. The molecule has 33 heavy (non-hydrogen) atoms. The highest BCUT2D eigenvalue weighted by Crippen LogP contribution is 2.35. The van der Waals surface area contributed by atoms with Crippen LogP contribution in [0, 0.1) is 6.92 Å². The molecule has 4 aromatic rings. The standard InChI is InChI=1S/C25H23ClN6O/c1-3-4-20(33)12-22-25-31-30-15(2)32(25)23-10-7-17(18-13-27-28-14-18)11-21(23)24(29-22)16-5-8-19(26)9-6-16/h5-11,13-14,22H,3-4,12H2,1-2H3,(H,27,28)/t22-/m0/s1. The van der Waals surface area contributed by atoms with Crippen LogP contribution in [-0.2, 0) is 4.79 Å². The molecular weight excluding hydrogens is 436 g/mol. The number of aromatic nitrogens is 5. The van der Waals surface area contributed by atoms with Gasteiger partial charge in [-0.2, -0.15) is 5.10 Å². The Bertz CT molecular complexity index is 1340. The van der Waals surface area contributed by atoms with E-state index in [0.717, 1.165) is 45.9 Å². The van der Waals surface area contributed by atoms with E-state index in [1.54, 1.807) is 6.20 Å². The predicted octanol–water partition coefficient (Wildman–Crippen LogP) is 5.27. The molecule has 2 aromatic carbocycles. The van der Waals surface area contributed by atoms with Crippen molar-refractivity contribution in [2.24, 2.45) is 4.99 Å². The largest absolute Gasteiger partial charge is 0.300 e. The van der Waals surface area contributed by atoms with Crippen molar-refractivity contribution < 1.29 is 4.79 Å². The second-order valence-electron chi connectivity index (χ2n) is 8.15. The first-order valence-corrected chi connectivity index (χ1v) is 11.3. The van der Waals surface area contributed by atoms with Gasteiger partial charge in [-0.3, -0.25) is 19.5 Å². The van der Waals surface area contributed by atoms with Crippen molar-refractivity contribution in [3.8, 4) is 16.8 Å². The third kappa shape index (κ3) is 4.00. The molecule has 1 N–H and O–H groups in total. The molecule has 3 heterocycles. The van der Waals surface area contributed by atoms with Gasteiger partial charge in [0.2, 0.25) is 0 Å². The molecule has 0 saturated heterocycles. The number of aromatic amines is 1. The molecule has 0 saturated carbocycles. The van der Waals surface area contributed by atoms with Gasteiger partial charge in [-0.1, -0.05) is 36.7 Å². The van der Waals surface area contributed by atoms with Gasteiger partial charge < -0.3 is 0 Å². The summed E-state index contributed by atoms with van der Waals surface area (Å²) in [5, 5.41) is 16.4. The number of aryl methyl sites for hydroxylation is 1. The molecule has 1 atom stereocenters. The number of halogens is 1. The molecule has 2 aromatic heterocycles. The lowest BCUT2D eigenvalue weighted by atomic mass is 9.96. The first-order valence-electron chi connectivity index (χ1n) is 11.0. The first kappa shape index (κ1) is 21.3. The molecule has 1 aliphatic heterocycles. The van der Waals surface area contributed by atoms with Gasteiger partial charge in [0.1, 0.15) is 17.6 Å². The van der Waals surface area contributed by atoms with Crippen LogP contribution in [0.15, 0.2) is 59.9 Å². The van der Waals surface area contributed by atoms with E-state index < -0.39 is 6.04 Å². The molecule has 0 spiro atoms. The predicted molar refractivity (Wildman–Crippen MR) is 128 cm³/mol. The van der Waals surface area contributed by atoms with Gasteiger partial charge in [0.25, 0.3) is 0 Å². The maximum Gasteiger partial charge on any atom is 0.162 e. The SMILES string of the molecule is CCCC(=O)C[C@@H]1N=C(c2ccc(Cl)cc2)c2cc(-c3cn[nH]c3)ccc2-n2c(C)nnc21. The summed E-state index contributed by atoms with van der Waals surface area (Å²) in [7, 11) is 0. The number of aliphatic imine (C=N–C) groups is 1. The molecule has 0 unspecified atom stereocenters. The van der Waals surface area contributed by atoms with Crippen LogP contribution in [0.4, 0.5) is 0 Å². The molecule has 5 rings (SSSR count). The number of hydrogen-bond donors (Lipinski definition) is 1. The summed E-state index contributed by atoms with van der Waals surface area (Å²) in [6, 6.07) is 13.4. The summed E-state index contributed by atoms with van der Waals surface area (Å²) in [4.78, 5) is 17.8. The number of ketones is 1. The van der Waals surface area contributed by atoms with Crippen LogP contribution in [0.5, 0.6) is 0 Å². The van der Waals surface area contributed by atoms with Crippen molar-refractivity contribution in [2.45, 2.75) is 39.2 Å². The highest BCUT2D eigenvalue weighted by atomic mass is 35.5. The van der Waals surface area contributed by atoms with E-state index in [4.69, 9.17) is 16.6 Å². The van der Waals surface area contributed by atoms with Crippen LogP contribution in [-0.4, -0.2) is 36.5 Å². The molecule has 0 amide bonds. The Labute approximate surface area is 196 Å². The summed E-state index contributed by atoms with van der Waals surface area (Å²) >= 11 is 6.17. The number of carbonyl (C=O) groups is 1. The van der Waals surface area contributed by atoms with E-state index in [9.17, 15) is 4.79 Å². The lowest BCUT2D eigenvalue weighted by Gasteiger charge is -2.14. The number of H-pyrrole nitrogens is 1. The molecule has 0 fully saturated rings. The maximum absolute atomic E-state index is 12.7. The molecular formula is C25H23ClN6O. The van der Waals surface area contributed by atoms with Crippen LogP contribution < -0.4 is 0 Å². The number of nitrogens with zero attached hydrogens (tertiary/aromatic N) is 5. The number of benzene rings is 2. The molecule has 7 nitrogen and oxygen atoms in total. The number of hydrogen-bond acceptors (Lipinski definition) is 5. The summed E-state index contributed by atoms with van der Waals surface area (Å²) in [6.45, 7) is 3.93. The number of rotatable bonds is 6. The average Bonchev–Trinajstić information content (AvgIpc) is 3.45. The Morgan fingerprint density at radius 1 is 1.09 bits per heavy atom. The van der Waals surface area contributed by atoms with E-state index in [-0.39, 0.29) is 12.2 Å². The molecule has 0 radical (unpaired) electrons. The van der Waals surface area contributed by atoms with Gasteiger partial charge in [0.15, 0.2) is 5.82 Å². The van der Waals surface area contributed by atoms with Gasteiger partial charge in [-0.05, 0) is 43.2 Å². The van der Waals surface area contributed by atoms with E-state index in [1.165, 1.54) is 0 Å². The monoisotopic (exact) mass is 458 g/mol. The first-order chi connectivity index (χ1) is 16.0. The summed E-state index contributed by atoms with van der Waals surface area (Å²) in [5.41, 5.74) is 5.58. The van der Waals surface area contributed by atoms with E-state index in [2.05, 4.69) is 38.6 Å². The highest BCUT2D eigenvalue weighted by Gasteiger charge is 2.29. The third-order valence-corrected chi connectivity index (χ3v) is 6.08. The average molecular weight is 459 g/mol. The Balaban J connectivity index is 1.75. The van der Waals surface area contributed by atoms with Gasteiger partial charge in [-0.25, -0.2) is 0 Å². The quantitative estimate of drug-likeness (QED) is 0.426. The fourth-order valence-electron chi connectivity index (χ4n) is 4.26. The second kappa shape index (κ2) is 8.75. The molecule has 0 aliphatic carbocycles. The van der Waals surface area contributed by atoms with Crippen LogP contribution in [0.3, 0.4) is 0 Å². The van der Waals surface area contributed by atoms with E-state index in [0.29, 0.717) is 17.3 Å². The number of Topliss-reactive ketones (excluding diaryl/α,β-unsaturated/α-hetero) is 1. The summed E-state index contributed by atoms with van der Waals surface area (Å²) in [5.74, 6) is 1.60. The lowest BCUT2D eigenvalue weighted by Crippen LogP contribution is -2.11. The second-order valence-corrected chi connectivity index (χ2v) is 8.59. The Hall–Kier alpha value is -3.58. The minimum atomic E-state index is -0.430. The molecule has 166 valence electrons. The van der Waals surface area contributed by atoms with Crippen LogP contribution in [0.2, 0.25) is 5.02 Å². The van der Waals surface area contributed by atoms with Crippen molar-refractivity contribution in [1.82, 2.24) is 25.0 Å². The molecule has 0 bridgehead atoms. The van der Waals surface area contributed by atoms with Crippen LogP contribution >= 0.6 is 11.6 Å². The maximum atomic E-state index is 12.7. The van der Waals surface area contributed by atoms with Crippen molar-refractivity contribution >= 4 is 23.1 Å². The smallest absolute Gasteiger partial charge is 0.162 e. The fraction of sp³-hybridized carbons (Fsp3) is 0.240. The Morgan fingerprint density at radius 2 is 1.88 bits per heavy atom. The normalized spacial score (nSPS) is 14.9. The summed E-state index contributed by atoms with van der Waals surface area (Å²) < 4.78 is 2.02. The van der Waals surface area contributed by atoms with Gasteiger partial charge in [-0.15, -0.1) is 10.2 Å².